The Kier molecular flexibility index (Phi) is 5.31. The number of hydrogen-bond donors (Lipinski definition) is 1. The molecule has 0 spiro atoms. The third kappa shape index (κ3) is 3.32. The maximum Gasteiger partial charge on any atom is 0.272 e. The molecular weight excluding hydrogens is 324 g/mol. The molecule has 4 heteroatoms. The summed E-state index contributed by atoms with van der Waals surface area (Å²) in [5, 5.41) is 4.17. The zero-order valence-electron chi connectivity index (χ0n) is 15.9. The predicted octanol–water partition coefficient (Wildman–Crippen LogP) is 5.18. The molecule has 3 rings (SSSR count). The van der Waals surface area contributed by atoms with Crippen LogP contribution in [0.3, 0.4) is 0 Å². The Hall–Kier alpha value is -2.75. The van der Waals surface area contributed by atoms with Crippen LogP contribution in [0.25, 0.3) is 10.9 Å². The van der Waals surface area contributed by atoms with Gasteiger partial charge in [-0.15, -0.1) is 0 Å². The molecule has 4 nitrogen and oxygen atoms in total. The highest BCUT2D eigenvalue weighted by Crippen LogP contribution is 2.28. The SMILES string of the molecule is CCOc1ccc(NC(=O)c2c(C)c3cc(CC)ccc3n2CC)cc1. The average Bonchev–Trinajstić information content (AvgIpc) is 2.95. The summed E-state index contributed by atoms with van der Waals surface area (Å²) in [4.78, 5) is 13.0. The first-order valence-corrected chi connectivity index (χ1v) is 9.24. The third-order valence-corrected chi connectivity index (χ3v) is 4.74. The van der Waals surface area contributed by atoms with Crippen LogP contribution in [0.1, 0.15) is 42.4 Å². The summed E-state index contributed by atoms with van der Waals surface area (Å²) in [5.74, 6) is 0.721. The second-order valence-electron chi connectivity index (χ2n) is 6.33. The maximum atomic E-state index is 13.0. The quantitative estimate of drug-likeness (QED) is 0.665. The number of ether oxygens (including phenoxy) is 1. The lowest BCUT2D eigenvalue weighted by molar-refractivity contribution is 0.101. The van der Waals surface area contributed by atoms with Crippen LogP contribution < -0.4 is 10.1 Å². The minimum atomic E-state index is -0.0808. The third-order valence-electron chi connectivity index (χ3n) is 4.74. The molecular formula is C22H26N2O2. The molecule has 0 radical (unpaired) electrons. The van der Waals surface area contributed by atoms with Crippen LogP contribution in [0.15, 0.2) is 42.5 Å². The monoisotopic (exact) mass is 350 g/mol. The number of fused-ring (bicyclic) bond motifs is 1. The van der Waals surface area contributed by atoms with Gasteiger partial charge in [0.15, 0.2) is 0 Å². The molecule has 2 aromatic carbocycles. The molecule has 0 aliphatic heterocycles. The Bertz CT molecular complexity index is 923. The molecule has 0 unspecified atom stereocenters. The highest BCUT2D eigenvalue weighted by molar-refractivity contribution is 6.08. The van der Waals surface area contributed by atoms with Gasteiger partial charge in [-0.1, -0.05) is 13.0 Å². The lowest BCUT2D eigenvalue weighted by Crippen LogP contribution is -2.17. The molecule has 1 heterocycles. The van der Waals surface area contributed by atoms with Crippen molar-refractivity contribution in [1.29, 1.82) is 0 Å². The van der Waals surface area contributed by atoms with Crippen molar-refractivity contribution in [3.63, 3.8) is 0 Å². The van der Waals surface area contributed by atoms with E-state index in [1.165, 1.54) is 5.56 Å². The van der Waals surface area contributed by atoms with Crippen molar-refractivity contribution in [2.75, 3.05) is 11.9 Å². The van der Waals surface area contributed by atoms with E-state index in [1.807, 2.05) is 38.1 Å². The number of benzene rings is 2. The molecule has 3 aromatic rings. The number of nitrogens with one attached hydrogen (secondary N) is 1. The summed E-state index contributed by atoms with van der Waals surface area (Å²) >= 11 is 0. The molecule has 1 amide bonds. The summed E-state index contributed by atoms with van der Waals surface area (Å²) in [7, 11) is 0. The summed E-state index contributed by atoms with van der Waals surface area (Å²) in [6.07, 6.45) is 0.987. The van der Waals surface area contributed by atoms with Crippen LogP contribution in [0.2, 0.25) is 0 Å². The van der Waals surface area contributed by atoms with E-state index >= 15 is 0 Å². The van der Waals surface area contributed by atoms with Gasteiger partial charge >= 0.3 is 0 Å². The van der Waals surface area contributed by atoms with Crippen molar-refractivity contribution in [2.24, 2.45) is 0 Å². The zero-order valence-corrected chi connectivity index (χ0v) is 15.9. The Morgan fingerprint density at radius 1 is 1.08 bits per heavy atom. The van der Waals surface area contributed by atoms with Crippen LogP contribution in [0.5, 0.6) is 5.75 Å². The van der Waals surface area contributed by atoms with Crippen LogP contribution in [-0.4, -0.2) is 17.1 Å². The van der Waals surface area contributed by atoms with Gasteiger partial charge in [-0.05, 0) is 74.7 Å². The summed E-state index contributed by atoms with van der Waals surface area (Å²) in [6.45, 7) is 9.57. The normalized spacial score (nSPS) is 10.9. The number of aromatic nitrogens is 1. The Morgan fingerprint density at radius 3 is 2.42 bits per heavy atom. The highest BCUT2D eigenvalue weighted by Gasteiger charge is 2.19. The molecule has 0 saturated heterocycles. The van der Waals surface area contributed by atoms with E-state index in [2.05, 4.69) is 41.9 Å². The van der Waals surface area contributed by atoms with Crippen molar-refractivity contribution in [2.45, 2.75) is 40.7 Å². The Labute approximate surface area is 154 Å². The van der Waals surface area contributed by atoms with Gasteiger partial charge in [0.1, 0.15) is 11.4 Å². The minimum absolute atomic E-state index is 0.0808. The summed E-state index contributed by atoms with van der Waals surface area (Å²) in [5.41, 5.74) is 4.91. The molecule has 136 valence electrons. The highest BCUT2D eigenvalue weighted by atomic mass is 16.5. The van der Waals surface area contributed by atoms with Crippen molar-refractivity contribution < 1.29 is 9.53 Å². The molecule has 1 aromatic heterocycles. The molecule has 0 fully saturated rings. The van der Waals surface area contributed by atoms with E-state index < -0.39 is 0 Å². The van der Waals surface area contributed by atoms with Gasteiger partial charge in [0, 0.05) is 23.1 Å². The van der Waals surface area contributed by atoms with Gasteiger partial charge in [0.25, 0.3) is 5.91 Å². The minimum Gasteiger partial charge on any atom is -0.494 e. The lowest BCUT2D eigenvalue weighted by atomic mass is 10.1. The molecule has 0 saturated carbocycles. The van der Waals surface area contributed by atoms with Gasteiger partial charge in [-0.3, -0.25) is 4.79 Å². The van der Waals surface area contributed by atoms with Gasteiger partial charge < -0.3 is 14.6 Å². The summed E-state index contributed by atoms with van der Waals surface area (Å²) in [6, 6.07) is 13.9. The van der Waals surface area contributed by atoms with Crippen molar-refractivity contribution in [3.8, 4) is 5.75 Å². The van der Waals surface area contributed by atoms with E-state index in [0.29, 0.717) is 6.61 Å². The van der Waals surface area contributed by atoms with Crippen LogP contribution in [-0.2, 0) is 13.0 Å². The number of anilines is 1. The summed E-state index contributed by atoms with van der Waals surface area (Å²) < 4.78 is 7.54. The standard InChI is InChI=1S/C22H26N2O2/c1-5-16-8-13-20-19(14-16)15(4)21(24(20)6-2)22(25)23-17-9-11-18(12-10-17)26-7-3/h8-14H,5-7H2,1-4H3,(H,23,25). The van der Waals surface area contributed by atoms with Crippen molar-refractivity contribution in [3.05, 3.63) is 59.3 Å². The van der Waals surface area contributed by atoms with Gasteiger partial charge in [0.2, 0.25) is 0 Å². The number of carbonyl (C=O) groups is 1. The smallest absolute Gasteiger partial charge is 0.272 e. The van der Waals surface area contributed by atoms with E-state index in [4.69, 9.17) is 4.74 Å². The Balaban J connectivity index is 1.95. The topological polar surface area (TPSA) is 43.3 Å². The zero-order chi connectivity index (χ0) is 18.7. The number of amides is 1. The molecule has 0 bridgehead atoms. The van der Waals surface area contributed by atoms with Gasteiger partial charge in [-0.25, -0.2) is 0 Å². The van der Waals surface area contributed by atoms with Crippen molar-refractivity contribution >= 4 is 22.5 Å². The molecule has 26 heavy (non-hydrogen) atoms. The van der Waals surface area contributed by atoms with Crippen LogP contribution in [0.4, 0.5) is 5.69 Å². The van der Waals surface area contributed by atoms with E-state index in [1.54, 1.807) is 0 Å². The first kappa shape index (κ1) is 18.1. The number of hydrogen-bond acceptors (Lipinski definition) is 2. The molecule has 0 atom stereocenters. The van der Waals surface area contributed by atoms with E-state index in [9.17, 15) is 4.79 Å². The van der Waals surface area contributed by atoms with Crippen molar-refractivity contribution in [1.82, 2.24) is 4.57 Å². The first-order chi connectivity index (χ1) is 12.6. The molecule has 0 aliphatic carbocycles. The largest absolute Gasteiger partial charge is 0.494 e. The number of aryl methyl sites for hydroxylation is 3. The van der Waals surface area contributed by atoms with Crippen LogP contribution >= 0.6 is 0 Å². The predicted molar refractivity (Wildman–Crippen MR) is 107 cm³/mol. The fraction of sp³-hybridized carbons (Fsp3) is 0.318. The molecule has 0 aliphatic rings. The number of carbonyl (C=O) groups excluding carboxylic acids is 1. The van der Waals surface area contributed by atoms with E-state index in [-0.39, 0.29) is 5.91 Å². The van der Waals surface area contributed by atoms with Crippen LogP contribution in [0, 0.1) is 6.92 Å². The second kappa shape index (κ2) is 7.65. The Morgan fingerprint density at radius 2 is 1.81 bits per heavy atom. The fourth-order valence-corrected chi connectivity index (χ4v) is 3.40. The maximum absolute atomic E-state index is 13.0. The fourth-order valence-electron chi connectivity index (χ4n) is 3.40. The number of rotatable bonds is 6. The lowest BCUT2D eigenvalue weighted by Gasteiger charge is -2.10. The second-order valence-corrected chi connectivity index (χ2v) is 6.33. The molecule has 1 N–H and O–H groups in total. The van der Waals surface area contributed by atoms with Gasteiger partial charge in [-0.2, -0.15) is 0 Å². The average molecular weight is 350 g/mol. The first-order valence-electron chi connectivity index (χ1n) is 9.24. The van der Waals surface area contributed by atoms with Gasteiger partial charge in [0.05, 0.1) is 6.61 Å². The van der Waals surface area contributed by atoms with E-state index in [0.717, 1.165) is 46.6 Å². The number of nitrogens with zero attached hydrogens (tertiary/aromatic N) is 1.